The number of nitrogens with one attached hydrogen (secondary N) is 2. The maximum absolute atomic E-state index is 12.2. The topological polar surface area (TPSA) is 101 Å². The van der Waals surface area contributed by atoms with E-state index >= 15 is 0 Å². The zero-order chi connectivity index (χ0) is 18.4. The lowest BCUT2D eigenvalue weighted by Gasteiger charge is -2.26. The minimum absolute atomic E-state index is 0. The van der Waals surface area contributed by atoms with E-state index in [2.05, 4.69) is 10.0 Å². The highest BCUT2D eigenvalue weighted by molar-refractivity contribution is 7.89. The first-order valence-electron chi connectivity index (χ1n) is 7.64. The molecule has 6 nitrogen and oxygen atoms in total. The van der Waals surface area contributed by atoms with E-state index in [1.54, 1.807) is 6.07 Å². The van der Waals surface area contributed by atoms with Crippen LogP contribution in [0.2, 0.25) is 10.0 Å². The average Bonchev–Trinajstić information content (AvgIpc) is 2.52. The normalized spacial score (nSPS) is 11.7. The van der Waals surface area contributed by atoms with Crippen LogP contribution in [0.25, 0.3) is 0 Å². The van der Waals surface area contributed by atoms with Gasteiger partial charge in [-0.05, 0) is 25.0 Å². The SMILES string of the molecule is CCC(N)(CC)CNC(=O)CCNS(=O)(=O)c1c(Cl)cccc1Cl.Cl. The van der Waals surface area contributed by atoms with E-state index < -0.39 is 15.6 Å². The number of carbonyl (C=O) groups excluding carboxylic acids is 1. The second-order valence-corrected chi connectivity index (χ2v) is 8.06. The number of benzene rings is 1. The number of nitrogens with two attached hydrogens (primary N) is 1. The molecule has 4 N–H and O–H groups in total. The Hall–Kier alpha value is -0.570. The Morgan fingerprint density at radius 3 is 2.20 bits per heavy atom. The van der Waals surface area contributed by atoms with Crippen molar-refractivity contribution in [3.63, 3.8) is 0 Å². The highest BCUT2D eigenvalue weighted by Gasteiger charge is 2.23. The molecule has 1 aromatic rings. The molecular formula is C15H24Cl3N3O3S. The van der Waals surface area contributed by atoms with Gasteiger partial charge in [0.25, 0.3) is 0 Å². The molecule has 0 radical (unpaired) electrons. The zero-order valence-electron chi connectivity index (χ0n) is 14.1. The maximum atomic E-state index is 12.2. The molecular weight excluding hydrogens is 409 g/mol. The number of carbonyl (C=O) groups is 1. The van der Waals surface area contributed by atoms with Crippen molar-refractivity contribution < 1.29 is 13.2 Å². The molecule has 0 unspecified atom stereocenters. The van der Waals surface area contributed by atoms with Crippen LogP contribution in [0.1, 0.15) is 33.1 Å². The highest BCUT2D eigenvalue weighted by Crippen LogP contribution is 2.28. The van der Waals surface area contributed by atoms with Crippen molar-refractivity contribution in [2.45, 2.75) is 43.5 Å². The number of sulfonamides is 1. The van der Waals surface area contributed by atoms with E-state index in [1.165, 1.54) is 12.1 Å². The van der Waals surface area contributed by atoms with Gasteiger partial charge in [0.2, 0.25) is 15.9 Å². The van der Waals surface area contributed by atoms with Gasteiger partial charge in [0.1, 0.15) is 4.90 Å². The van der Waals surface area contributed by atoms with Gasteiger partial charge >= 0.3 is 0 Å². The third kappa shape index (κ3) is 7.29. The number of hydrogen-bond acceptors (Lipinski definition) is 4. The summed E-state index contributed by atoms with van der Waals surface area (Å²) in [5.74, 6) is -0.278. The maximum Gasteiger partial charge on any atom is 0.243 e. The van der Waals surface area contributed by atoms with Crippen LogP contribution in [-0.4, -0.2) is 33.0 Å². The van der Waals surface area contributed by atoms with Gasteiger partial charge in [-0.3, -0.25) is 4.79 Å². The highest BCUT2D eigenvalue weighted by atomic mass is 35.5. The number of rotatable bonds is 9. The first kappa shape index (κ1) is 24.4. The first-order valence-corrected chi connectivity index (χ1v) is 9.88. The predicted molar refractivity (Wildman–Crippen MR) is 104 cm³/mol. The molecule has 0 aromatic heterocycles. The van der Waals surface area contributed by atoms with Crippen molar-refractivity contribution in [1.29, 1.82) is 0 Å². The number of amides is 1. The minimum atomic E-state index is -3.89. The smallest absolute Gasteiger partial charge is 0.243 e. The molecule has 0 bridgehead atoms. The van der Waals surface area contributed by atoms with E-state index in [1.807, 2.05) is 13.8 Å². The Morgan fingerprint density at radius 1 is 1.20 bits per heavy atom. The first-order chi connectivity index (χ1) is 11.1. The third-order valence-corrected chi connectivity index (χ3v) is 6.29. The van der Waals surface area contributed by atoms with Crippen LogP contribution in [-0.2, 0) is 14.8 Å². The lowest BCUT2D eigenvalue weighted by Crippen LogP contribution is -2.49. The van der Waals surface area contributed by atoms with Crippen molar-refractivity contribution >= 4 is 51.5 Å². The molecule has 1 aromatic carbocycles. The molecule has 0 aliphatic carbocycles. The van der Waals surface area contributed by atoms with Gasteiger partial charge in [-0.25, -0.2) is 13.1 Å². The molecule has 0 spiro atoms. The van der Waals surface area contributed by atoms with Crippen molar-refractivity contribution in [2.75, 3.05) is 13.1 Å². The fraction of sp³-hybridized carbons (Fsp3) is 0.533. The van der Waals surface area contributed by atoms with Crippen LogP contribution >= 0.6 is 35.6 Å². The Labute approximate surface area is 165 Å². The number of hydrogen-bond donors (Lipinski definition) is 3. The molecule has 25 heavy (non-hydrogen) atoms. The van der Waals surface area contributed by atoms with Crippen LogP contribution in [0.3, 0.4) is 0 Å². The standard InChI is InChI=1S/C15H23Cl2N3O3S.ClH/c1-3-15(18,4-2)10-19-13(21)8-9-20-24(22,23)14-11(16)6-5-7-12(14)17;/h5-7,20H,3-4,8-10,18H2,1-2H3,(H,19,21);1H. The summed E-state index contributed by atoms with van der Waals surface area (Å²) < 4.78 is 26.8. The molecule has 0 saturated carbocycles. The lowest BCUT2D eigenvalue weighted by atomic mass is 9.94. The van der Waals surface area contributed by atoms with E-state index in [9.17, 15) is 13.2 Å². The Bertz CT molecular complexity index is 660. The summed E-state index contributed by atoms with van der Waals surface area (Å²) in [7, 11) is -3.89. The summed E-state index contributed by atoms with van der Waals surface area (Å²) in [6, 6.07) is 4.42. The summed E-state index contributed by atoms with van der Waals surface area (Å²) in [6.45, 7) is 4.20. The van der Waals surface area contributed by atoms with Gasteiger partial charge in [-0.2, -0.15) is 0 Å². The van der Waals surface area contributed by atoms with Gasteiger partial charge in [0, 0.05) is 25.0 Å². The van der Waals surface area contributed by atoms with Crippen LogP contribution in [0.4, 0.5) is 0 Å². The zero-order valence-corrected chi connectivity index (χ0v) is 17.3. The summed E-state index contributed by atoms with van der Waals surface area (Å²) >= 11 is 11.8. The largest absolute Gasteiger partial charge is 0.354 e. The molecule has 0 aliphatic heterocycles. The molecule has 1 amide bonds. The predicted octanol–water partition coefficient (Wildman–Crippen LogP) is 2.72. The fourth-order valence-electron chi connectivity index (χ4n) is 1.97. The van der Waals surface area contributed by atoms with E-state index in [4.69, 9.17) is 28.9 Å². The summed E-state index contributed by atoms with van der Waals surface area (Å²) in [4.78, 5) is 11.6. The van der Waals surface area contributed by atoms with Crippen molar-refractivity contribution in [3.8, 4) is 0 Å². The number of halogens is 3. The average molecular weight is 433 g/mol. The molecule has 0 fully saturated rings. The fourth-order valence-corrected chi connectivity index (χ4v) is 4.14. The Morgan fingerprint density at radius 2 is 1.72 bits per heavy atom. The van der Waals surface area contributed by atoms with Crippen LogP contribution in [0.15, 0.2) is 23.1 Å². The molecule has 1 rings (SSSR count). The minimum Gasteiger partial charge on any atom is -0.354 e. The molecule has 0 heterocycles. The molecule has 0 atom stereocenters. The van der Waals surface area contributed by atoms with Crippen LogP contribution in [0.5, 0.6) is 0 Å². The Kier molecular flexibility index (Phi) is 10.3. The second kappa shape index (κ2) is 10.5. The molecule has 0 saturated heterocycles. The van der Waals surface area contributed by atoms with E-state index in [0.29, 0.717) is 6.54 Å². The summed E-state index contributed by atoms with van der Waals surface area (Å²) in [6.07, 6.45) is 1.47. The van der Waals surface area contributed by atoms with Crippen LogP contribution < -0.4 is 15.8 Å². The third-order valence-electron chi connectivity index (χ3n) is 3.88. The van der Waals surface area contributed by atoms with Gasteiger partial charge in [-0.15, -0.1) is 12.4 Å². The molecule has 144 valence electrons. The van der Waals surface area contributed by atoms with E-state index in [0.717, 1.165) is 12.8 Å². The summed E-state index contributed by atoms with van der Waals surface area (Å²) in [5, 5.41) is 2.78. The van der Waals surface area contributed by atoms with Gasteiger partial charge in [0.05, 0.1) is 10.0 Å². The second-order valence-electron chi connectivity index (χ2n) is 5.54. The van der Waals surface area contributed by atoms with Crippen molar-refractivity contribution in [1.82, 2.24) is 10.0 Å². The lowest BCUT2D eigenvalue weighted by molar-refractivity contribution is -0.121. The Balaban J connectivity index is 0.00000576. The molecule has 0 aliphatic rings. The van der Waals surface area contributed by atoms with Gasteiger partial charge < -0.3 is 11.1 Å². The quantitative estimate of drug-likeness (QED) is 0.558. The van der Waals surface area contributed by atoms with Crippen molar-refractivity contribution in [3.05, 3.63) is 28.2 Å². The van der Waals surface area contributed by atoms with Crippen LogP contribution in [0, 0.1) is 0 Å². The monoisotopic (exact) mass is 431 g/mol. The van der Waals surface area contributed by atoms with Gasteiger partial charge in [0.15, 0.2) is 0 Å². The summed E-state index contributed by atoms with van der Waals surface area (Å²) in [5.41, 5.74) is 5.65. The van der Waals surface area contributed by atoms with E-state index in [-0.39, 0.29) is 46.2 Å². The molecule has 10 heteroatoms. The van der Waals surface area contributed by atoms with Gasteiger partial charge in [-0.1, -0.05) is 43.1 Å². The van der Waals surface area contributed by atoms with Crippen molar-refractivity contribution in [2.24, 2.45) is 5.73 Å².